The van der Waals surface area contributed by atoms with Gasteiger partial charge in [0.15, 0.2) is 0 Å². The van der Waals surface area contributed by atoms with Gasteiger partial charge in [0.25, 0.3) is 5.91 Å². The average Bonchev–Trinajstić information content (AvgIpc) is 3.15. The number of nitrogens with zero attached hydrogens (tertiary/aromatic N) is 2. The first-order valence-corrected chi connectivity index (χ1v) is 8.53. The van der Waals surface area contributed by atoms with Crippen LogP contribution in [0.1, 0.15) is 35.9 Å². The number of rotatable bonds is 2. The maximum Gasteiger partial charge on any atom is 0.264 e. The Morgan fingerprint density at radius 3 is 2.43 bits per heavy atom. The van der Waals surface area contributed by atoms with Crippen LogP contribution in [-0.2, 0) is 4.79 Å². The number of carbonyl (C=O) groups excluding carboxylic acids is 2. The summed E-state index contributed by atoms with van der Waals surface area (Å²) in [6.07, 6.45) is 2.84. The van der Waals surface area contributed by atoms with Crippen molar-refractivity contribution in [3.05, 3.63) is 21.3 Å². The summed E-state index contributed by atoms with van der Waals surface area (Å²) in [5.41, 5.74) is -0.125. The van der Waals surface area contributed by atoms with E-state index < -0.39 is 0 Å². The molecule has 0 unspecified atom stereocenters. The highest BCUT2D eigenvalue weighted by Gasteiger charge is 2.47. The topological polar surface area (TPSA) is 40.6 Å². The minimum Gasteiger partial charge on any atom is -0.340 e. The first-order chi connectivity index (χ1) is 9.99. The fraction of sp³-hybridized carbons (Fsp3) is 0.600. The highest BCUT2D eigenvalue weighted by molar-refractivity contribution is 7.17. The third-order valence-electron chi connectivity index (χ3n) is 4.37. The van der Waals surface area contributed by atoms with Crippen LogP contribution in [0.3, 0.4) is 0 Å². The number of hydrogen-bond acceptors (Lipinski definition) is 3. The van der Waals surface area contributed by atoms with E-state index in [4.69, 9.17) is 11.6 Å². The molecule has 114 valence electrons. The summed E-state index contributed by atoms with van der Waals surface area (Å²) in [5.74, 6) is 0.287. The highest BCUT2D eigenvalue weighted by atomic mass is 35.5. The van der Waals surface area contributed by atoms with Crippen LogP contribution in [0.15, 0.2) is 12.1 Å². The molecular weight excluding hydrogens is 308 g/mol. The molecule has 4 nitrogen and oxygen atoms in total. The lowest BCUT2D eigenvalue weighted by molar-refractivity contribution is -0.136. The Labute approximate surface area is 133 Å². The van der Waals surface area contributed by atoms with Gasteiger partial charge in [-0.05, 0) is 31.4 Å². The number of hydrogen-bond donors (Lipinski definition) is 0. The molecule has 1 aromatic heterocycles. The van der Waals surface area contributed by atoms with Crippen molar-refractivity contribution in [1.29, 1.82) is 0 Å². The van der Waals surface area contributed by atoms with Gasteiger partial charge in [-0.25, -0.2) is 0 Å². The Kier molecular flexibility index (Phi) is 3.97. The first kappa shape index (κ1) is 14.9. The van der Waals surface area contributed by atoms with Crippen molar-refractivity contribution in [2.45, 2.75) is 26.2 Å². The largest absolute Gasteiger partial charge is 0.340 e. The van der Waals surface area contributed by atoms with Gasteiger partial charge in [-0.3, -0.25) is 9.59 Å². The van der Waals surface area contributed by atoms with Gasteiger partial charge < -0.3 is 9.80 Å². The minimum atomic E-state index is -0.125. The van der Waals surface area contributed by atoms with Crippen molar-refractivity contribution in [1.82, 2.24) is 9.80 Å². The monoisotopic (exact) mass is 326 g/mol. The summed E-state index contributed by atoms with van der Waals surface area (Å²) < 4.78 is 0.631. The summed E-state index contributed by atoms with van der Waals surface area (Å²) in [6, 6.07) is 3.52. The van der Waals surface area contributed by atoms with Crippen LogP contribution in [0.4, 0.5) is 0 Å². The van der Waals surface area contributed by atoms with Crippen LogP contribution in [-0.4, -0.2) is 47.8 Å². The van der Waals surface area contributed by atoms with Gasteiger partial charge in [-0.15, -0.1) is 11.3 Å². The molecule has 2 fully saturated rings. The highest BCUT2D eigenvalue weighted by Crippen LogP contribution is 2.46. The number of amides is 2. The maximum atomic E-state index is 12.4. The molecule has 1 aliphatic carbocycles. The van der Waals surface area contributed by atoms with Crippen molar-refractivity contribution < 1.29 is 9.59 Å². The van der Waals surface area contributed by atoms with Gasteiger partial charge in [-0.1, -0.05) is 18.5 Å². The molecule has 0 N–H and O–H groups in total. The summed E-state index contributed by atoms with van der Waals surface area (Å²) in [4.78, 5) is 29.3. The summed E-state index contributed by atoms with van der Waals surface area (Å²) in [7, 11) is 0. The SMILES string of the molecule is CC1(C(=O)N2CCCN(C(=O)c3ccc(Cl)s3)CC2)CC1. The van der Waals surface area contributed by atoms with Gasteiger partial charge in [-0.2, -0.15) is 0 Å². The van der Waals surface area contributed by atoms with Crippen LogP contribution in [0.5, 0.6) is 0 Å². The molecule has 0 atom stereocenters. The molecule has 1 saturated carbocycles. The Hall–Kier alpha value is -1.07. The van der Waals surface area contributed by atoms with Crippen LogP contribution < -0.4 is 0 Å². The number of carbonyl (C=O) groups is 2. The zero-order chi connectivity index (χ0) is 15.0. The third-order valence-corrected chi connectivity index (χ3v) is 5.59. The lowest BCUT2D eigenvalue weighted by Crippen LogP contribution is -2.40. The van der Waals surface area contributed by atoms with Crippen LogP contribution >= 0.6 is 22.9 Å². The molecule has 2 heterocycles. The Bertz CT molecular complexity index is 568. The molecule has 2 aliphatic rings. The van der Waals surface area contributed by atoms with Crippen LogP contribution in [0.25, 0.3) is 0 Å². The smallest absolute Gasteiger partial charge is 0.264 e. The second-order valence-corrected chi connectivity index (χ2v) is 7.82. The Morgan fingerprint density at radius 1 is 1.14 bits per heavy atom. The second-order valence-electron chi connectivity index (χ2n) is 6.10. The van der Waals surface area contributed by atoms with Gasteiger partial charge >= 0.3 is 0 Å². The molecule has 21 heavy (non-hydrogen) atoms. The predicted octanol–water partition coefficient (Wildman–Crippen LogP) is 2.88. The summed E-state index contributed by atoms with van der Waals surface area (Å²) in [6.45, 7) is 4.74. The van der Waals surface area contributed by atoms with Crippen molar-refractivity contribution in [2.75, 3.05) is 26.2 Å². The van der Waals surface area contributed by atoms with Gasteiger partial charge in [0.05, 0.1) is 9.21 Å². The van der Waals surface area contributed by atoms with E-state index in [9.17, 15) is 9.59 Å². The van der Waals surface area contributed by atoms with Crippen molar-refractivity contribution in [3.63, 3.8) is 0 Å². The van der Waals surface area contributed by atoms with E-state index in [1.54, 1.807) is 12.1 Å². The van der Waals surface area contributed by atoms with E-state index in [0.29, 0.717) is 28.8 Å². The molecule has 2 amide bonds. The summed E-state index contributed by atoms with van der Waals surface area (Å²) >= 11 is 7.20. The molecule has 1 aliphatic heterocycles. The van der Waals surface area contributed by atoms with E-state index in [-0.39, 0.29) is 17.2 Å². The third kappa shape index (κ3) is 3.09. The molecule has 0 aromatic carbocycles. The van der Waals surface area contributed by atoms with Crippen molar-refractivity contribution >= 4 is 34.8 Å². The standard InChI is InChI=1S/C15H19ClN2O2S/c1-15(5-6-15)14(20)18-8-2-7-17(9-10-18)13(19)11-3-4-12(16)21-11/h3-4H,2,5-10H2,1H3. The molecule has 6 heteroatoms. The van der Waals surface area contributed by atoms with Gasteiger partial charge in [0, 0.05) is 31.6 Å². The lowest BCUT2D eigenvalue weighted by Gasteiger charge is -2.24. The maximum absolute atomic E-state index is 12.4. The van der Waals surface area contributed by atoms with Crippen molar-refractivity contribution in [3.8, 4) is 0 Å². The van der Waals surface area contributed by atoms with E-state index in [1.165, 1.54) is 11.3 Å². The summed E-state index contributed by atoms with van der Waals surface area (Å²) in [5, 5.41) is 0. The minimum absolute atomic E-state index is 0.0267. The molecule has 0 bridgehead atoms. The Balaban J connectivity index is 1.63. The van der Waals surface area contributed by atoms with Crippen molar-refractivity contribution in [2.24, 2.45) is 5.41 Å². The molecular formula is C15H19ClN2O2S. The predicted molar refractivity (Wildman–Crippen MR) is 83.8 cm³/mol. The average molecular weight is 327 g/mol. The lowest BCUT2D eigenvalue weighted by atomic mass is 10.1. The Morgan fingerprint density at radius 2 is 1.81 bits per heavy atom. The second kappa shape index (κ2) is 5.61. The first-order valence-electron chi connectivity index (χ1n) is 7.34. The van der Waals surface area contributed by atoms with E-state index in [0.717, 1.165) is 25.8 Å². The zero-order valence-corrected chi connectivity index (χ0v) is 13.7. The van der Waals surface area contributed by atoms with E-state index in [2.05, 4.69) is 0 Å². The van der Waals surface area contributed by atoms with Crippen LogP contribution in [0, 0.1) is 5.41 Å². The fourth-order valence-corrected chi connectivity index (χ4v) is 3.70. The molecule has 0 radical (unpaired) electrons. The zero-order valence-electron chi connectivity index (χ0n) is 12.1. The molecule has 1 aromatic rings. The normalized spacial score (nSPS) is 21.0. The van der Waals surface area contributed by atoms with Crippen LogP contribution in [0.2, 0.25) is 4.34 Å². The van der Waals surface area contributed by atoms with E-state index >= 15 is 0 Å². The van der Waals surface area contributed by atoms with E-state index in [1.807, 2.05) is 16.7 Å². The number of thiophene rings is 1. The molecule has 0 spiro atoms. The quantitative estimate of drug-likeness (QED) is 0.838. The molecule has 1 saturated heterocycles. The number of halogens is 1. The molecule has 3 rings (SSSR count). The van der Waals surface area contributed by atoms with Gasteiger partial charge in [0.1, 0.15) is 0 Å². The van der Waals surface area contributed by atoms with Gasteiger partial charge in [0.2, 0.25) is 5.91 Å². The fourth-order valence-electron chi connectivity index (χ4n) is 2.69.